The second kappa shape index (κ2) is 5.24. The fourth-order valence-corrected chi connectivity index (χ4v) is 3.06. The molecule has 0 aliphatic carbocycles. The van der Waals surface area contributed by atoms with Crippen LogP contribution < -0.4 is 10.5 Å². The largest absolute Gasteiger partial charge is 0.398 e. The fraction of sp³-hybridized carbons (Fsp3) is 0. The predicted molar refractivity (Wildman–Crippen MR) is 75.9 cm³/mol. The molecule has 1 heterocycles. The Bertz CT molecular complexity index is 720. The second-order valence-electron chi connectivity index (χ2n) is 3.64. The van der Waals surface area contributed by atoms with Crippen molar-refractivity contribution in [2.75, 3.05) is 10.5 Å². The van der Waals surface area contributed by atoms with E-state index in [0.717, 1.165) is 0 Å². The number of nitrogens with two attached hydrogens (primary N) is 1. The van der Waals surface area contributed by atoms with Gasteiger partial charge in [0.25, 0.3) is 10.0 Å². The molecule has 0 atom stereocenters. The SMILES string of the molecule is Nc1ccc(Cl)cc1S(=O)(=O)Nc1cnccc1Cl. The van der Waals surface area contributed by atoms with E-state index < -0.39 is 10.0 Å². The van der Waals surface area contributed by atoms with Crippen LogP contribution in [0.3, 0.4) is 0 Å². The van der Waals surface area contributed by atoms with Crippen LogP contribution >= 0.6 is 23.2 Å². The summed E-state index contributed by atoms with van der Waals surface area (Å²) in [6.07, 6.45) is 2.76. The van der Waals surface area contributed by atoms with Gasteiger partial charge in [-0.3, -0.25) is 9.71 Å². The van der Waals surface area contributed by atoms with Crippen LogP contribution in [0.1, 0.15) is 0 Å². The maximum Gasteiger partial charge on any atom is 0.264 e. The summed E-state index contributed by atoms with van der Waals surface area (Å²) in [7, 11) is -3.87. The van der Waals surface area contributed by atoms with Gasteiger partial charge in [0.05, 0.1) is 22.6 Å². The van der Waals surface area contributed by atoms with E-state index in [0.29, 0.717) is 0 Å². The van der Waals surface area contributed by atoms with Crippen LogP contribution in [0.2, 0.25) is 10.0 Å². The van der Waals surface area contributed by atoms with E-state index in [1.54, 1.807) is 0 Å². The smallest absolute Gasteiger partial charge is 0.264 e. The average Bonchev–Trinajstić information content (AvgIpc) is 2.35. The number of halogens is 2. The Labute approximate surface area is 120 Å². The van der Waals surface area contributed by atoms with Crippen molar-refractivity contribution in [3.05, 3.63) is 46.7 Å². The van der Waals surface area contributed by atoms with E-state index in [1.807, 2.05) is 0 Å². The molecule has 0 aliphatic rings. The van der Waals surface area contributed by atoms with E-state index in [9.17, 15) is 8.42 Å². The van der Waals surface area contributed by atoms with Crippen molar-refractivity contribution < 1.29 is 8.42 Å². The van der Waals surface area contributed by atoms with Gasteiger partial charge in [-0.1, -0.05) is 23.2 Å². The van der Waals surface area contributed by atoms with Crippen molar-refractivity contribution in [1.82, 2.24) is 4.98 Å². The van der Waals surface area contributed by atoms with Crippen molar-refractivity contribution >= 4 is 44.6 Å². The lowest BCUT2D eigenvalue weighted by Gasteiger charge is -2.11. The molecule has 0 radical (unpaired) electrons. The number of hydrogen-bond donors (Lipinski definition) is 2. The highest BCUT2D eigenvalue weighted by Gasteiger charge is 2.19. The summed E-state index contributed by atoms with van der Waals surface area (Å²) >= 11 is 11.6. The van der Waals surface area contributed by atoms with Crippen molar-refractivity contribution in [2.45, 2.75) is 4.90 Å². The summed E-state index contributed by atoms with van der Waals surface area (Å²) in [5, 5.41) is 0.506. The van der Waals surface area contributed by atoms with Gasteiger partial charge >= 0.3 is 0 Å². The number of anilines is 2. The zero-order chi connectivity index (χ0) is 14.0. The van der Waals surface area contributed by atoms with E-state index in [-0.39, 0.29) is 26.3 Å². The summed E-state index contributed by atoms with van der Waals surface area (Å²) < 4.78 is 26.7. The Kier molecular flexibility index (Phi) is 3.84. The molecule has 0 saturated heterocycles. The molecule has 0 bridgehead atoms. The molecule has 0 amide bonds. The van der Waals surface area contributed by atoms with Crippen LogP contribution in [-0.4, -0.2) is 13.4 Å². The Hall–Kier alpha value is -1.50. The Morgan fingerprint density at radius 1 is 1.21 bits per heavy atom. The zero-order valence-electron chi connectivity index (χ0n) is 9.47. The van der Waals surface area contributed by atoms with Gasteiger partial charge in [0.1, 0.15) is 4.90 Å². The maximum atomic E-state index is 12.2. The molecular weight excluding hydrogens is 309 g/mol. The molecule has 2 rings (SSSR count). The lowest BCUT2D eigenvalue weighted by atomic mass is 10.3. The third kappa shape index (κ3) is 3.09. The minimum absolute atomic E-state index is 0.0944. The van der Waals surface area contributed by atoms with E-state index in [4.69, 9.17) is 28.9 Å². The summed E-state index contributed by atoms with van der Waals surface area (Å²) in [5.41, 5.74) is 5.91. The Morgan fingerprint density at radius 3 is 2.63 bits per heavy atom. The zero-order valence-corrected chi connectivity index (χ0v) is 11.8. The van der Waals surface area contributed by atoms with Gasteiger partial charge in [0.2, 0.25) is 0 Å². The summed E-state index contributed by atoms with van der Waals surface area (Å²) in [6.45, 7) is 0. The highest BCUT2D eigenvalue weighted by atomic mass is 35.5. The molecule has 5 nitrogen and oxygen atoms in total. The topological polar surface area (TPSA) is 85.1 Å². The number of benzene rings is 1. The minimum atomic E-state index is -3.87. The molecule has 19 heavy (non-hydrogen) atoms. The molecular formula is C11H9Cl2N3O2S. The normalized spacial score (nSPS) is 11.3. The highest BCUT2D eigenvalue weighted by molar-refractivity contribution is 7.92. The predicted octanol–water partition coefficient (Wildman–Crippen LogP) is 2.77. The molecule has 3 N–H and O–H groups in total. The molecule has 0 fully saturated rings. The number of pyridine rings is 1. The highest BCUT2D eigenvalue weighted by Crippen LogP contribution is 2.27. The lowest BCUT2D eigenvalue weighted by molar-refractivity contribution is 0.601. The number of rotatable bonds is 3. The third-order valence-corrected chi connectivity index (χ3v) is 4.26. The Balaban J connectivity index is 2.44. The van der Waals surface area contributed by atoms with Crippen molar-refractivity contribution in [3.8, 4) is 0 Å². The van der Waals surface area contributed by atoms with Crippen molar-refractivity contribution in [1.29, 1.82) is 0 Å². The molecule has 0 saturated carbocycles. The molecule has 0 unspecified atom stereocenters. The molecule has 100 valence electrons. The van der Waals surface area contributed by atoms with Gasteiger partial charge in [0, 0.05) is 11.2 Å². The quantitative estimate of drug-likeness (QED) is 0.852. The number of nitrogens with one attached hydrogen (secondary N) is 1. The van der Waals surface area contributed by atoms with Gasteiger partial charge in [-0.25, -0.2) is 8.42 Å². The standard InChI is InChI=1S/C11H9Cl2N3O2S/c12-7-1-2-9(14)11(5-7)19(17,18)16-10-6-15-4-3-8(10)13/h1-6,16H,14H2. The number of nitrogens with zero attached hydrogens (tertiary/aromatic N) is 1. The summed E-state index contributed by atoms with van der Waals surface area (Å²) in [4.78, 5) is 3.68. The van der Waals surface area contributed by atoms with Crippen LogP contribution in [0, 0.1) is 0 Å². The van der Waals surface area contributed by atoms with Gasteiger partial charge in [-0.05, 0) is 24.3 Å². The molecule has 0 spiro atoms. The van der Waals surface area contributed by atoms with E-state index >= 15 is 0 Å². The van der Waals surface area contributed by atoms with Crippen LogP contribution in [0.25, 0.3) is 0 Å². The average molecular weight is 318 g/mol. The van der Waals surface area contributed by atoms with Crippen LogP contribution in [0.5, 0.6) is 0 Å². The third-order valence-electron chi connectivity index (χ3n) is 2.28. The van der Waals surface area contributed by atoms with Gasteiger partial charge in [-0.15, -0.1) is 0 Å². The summed E-state index contributed by atoms with van der Waals surface area (Å²) in [5.74, 6) is 0. The number of hydrogen-bond acceptors (Lipinski definition) is 4. The lowest BCUT2D eigenvalue weighted by Crippen LogP contribution is -2.15. The minimum Gasteiger partial charge on any atom is -0.398 e. The molecule has 1 aromatic carbocycles. The first kappa shape index (κ1) is 13.9. The number of aromatic nitrogens is 1. The first-order chi connectivity index (χ1) is 8.90. The summed E-state index contributed by atoms with van der Waals surface area (Å²) in [6, 6.07) is 5.67. The molecule has 1 aromatic heterocycles. The number of sulfonamides is 1. The van der Waals surface area contributed by atoms with Crippen molar-refractivity contribution in [2.24, 2.45) is 0 Å². The van der Waals surface area contributed by atoms with Gasteiger partial charge in [-0.2, -0.15) is 0 Å². The van der Waals surface area contributed by atoms with Crippen molar-refractivity contribution in [3.63, 3.8) is 0 Å². The molecule has 2 aromatic rings. The molecule has 0 aliphatic heterocycles. The van der Waals surface area contributed by atoms with Crippen LogP contribution in [-0.2, 0) is 10.0 Å². The first-order valence-electron chi connectivity index (χ1n) is 5.07. The molecule has 8 heteroatoms. The van der Waals surface area contributed by atoms with Crippen LogP contribution in [0.15, 0.2) is 41.6 Å². The van der Waals surface area contributed by atoms with E-state index in [2.05, 4.69) is 9.71 Å². The van der Waals surface area contributed by atoms with Gasteiger partial charge in [0.15, 0.2) is 0 Å². The fourth-order valence-electron chi connectivity index (χ4n) is 1.39. The first-order valence-corrected chi connectivity index (χ1v) is 7.31. The Morgan fingerprint density at radius 2 is 1.95 bits per heavy atom. The van der Waals surface area contributed by atoms with Crippen LogP contribution in [0.4, 0.5) is 11.4 Å². The van der Waals surface area contributed by atoms with E-state index in [1.165, 1.54) is 36.7 Å². The second-order valence-corrected chi connectivity index (χ2v) is 6.14. The van der Waals surface area contributed by atoms with Gasteiger partial charge < -0.3 is 5.73 Å². The monoisotopic (exact) mass is 317 g/mol. The maximum absolute atomic E-state index is 12.2. The number of nitrogen functional groups attached to an aromatic ring is 1.